The zero-order chi connectivity index (χ0) is 18.9. The van der Waals surface area contributed by atoms with Crippen molar-refractivity contribution in [1.29, 1.82) is 0 Å². The summed E-state index contributed by atoms with van der Waals surface area (Å²) in [6.45, 7) is 0.515. The summed E-state index contributed by atoms with van der Waals surface area (Å²) in [6.07, 6.45) is 2.01. The van der Waals surface area contributed by atoms with E-state index in [1.807, 2.05) is 54.6 Å². The number of anilines is 1. The van der Waals surface area contributed by atoms with Crippen molar-refractivity contribution in [2.45, 2.75) is 13.0 Å². The van der Waals surface area contributed by atoms with Crippen LogP contribution in [0.2, 0.25) is 0 Å². The largest absolute Gasteiger partial charge is 0.489 e. The van der Waals surface area contributed by atoms with E-state index >= 15 is 0 Å². The van der Waals surface area contributed by atoms with Crippen molar-refractivity contribution >= 4 is 11.5 Å². The second kappa shape index (κ2) is 9.07. The van der Waals surface area contributed by atoms with Gasteiger partial charge in [0.25, 0.3) is 0 Å². The molecular formula is C22H19N3O2. The van der Waals surface area contributed by atoms with Gasteiger partial charge in [0.15, 0.2) is 0 Å². The first-order chi connectivity index (χ1) is 13.2. The molecule has 0 saturated heterocycles. The number of hydrogen-bond acceptors (Lipinski definition) is 5. The molecule has 0 unspecified atom stereocenters. The van der Waals surface area contributed by atoms with E-state index in [1.54, 1.807) is 18.3 Å². The molecule has 134 valence electrons. The number of oxime groups is 1. The van der Waals surface area contributed by atoms with Gasteiger partial charge in [-0.15, -0.1) is 0 Å². The van der Waals surface area contributed by atoms with E-state index in [0.29, 0.717) is 30.1 Å². The molecule has 27 heavy (non-hydrogen) atoms. The molecule has 1 heterocycles. The molecule has 1 aromatic heterocycles. The summed E-state index contributed by atoms with van der Waals surface area (Å²) in [5.41, 5.74) is 8.78. The van der Waals surface area contributed by atoms with Crippen LogP contribution >= 0.6 is 0 Å². The molecule has 3 rings (SSSR count). The number of ether oxygens (including phenoxy) is 1. The Hall–Kier alpha value is -3.78. The Labute approximate surface area is 158 Å². The number of aromatic nitrogens is 1. The average Bonchev–Trinajstić information content (AvgIpc) is 2.72. The second-order valence-electron chi connectivity index (χ2n) is 5.83. The summed E-state index contributed by atoms with van der Waals surface area (Å²) in [5.74, 6) is 6.84. The molecule has 5 nitrogen and oxygen atoms in total. The number of nitrogen functional groups attached to an aromatic ring is 1. The highest BCUT2D eigenvalue weighted by molar-refractivity contribution is 6.01. The van der Waals surface area contributed by atoms with E-state index in [4.69, 9.17) is 10.5 Å². The van der Waals surface area contributed by atoms with Gasteiger partial charge in [0.2, 0.25) is 0 Å². The maximum absolute atomic E-state index is 9.21. The molecule has 3 aromatic rings. The number of hydrogen-bond donors (Lipinski definition) is 2. The van der Waals surface area contributed by atoms with Crippen molar-refractivity contribution < 1.29 is 9.94 Å². The van der Waals surface area contributed by atoms with E-state index in [-0.39, 0.29) is 0 Å². The fourth-order valence-electron chi connectivity index (χ4n) is 2.41. The van der Waals surface area contributed by atoms with Crippen molar-refractivity contribution in [1.82, 2.24) is 4.98 Å². The molecule has 0 aliphatic heterocycles. The first kappa shape index (κ1) is 18.0. The molecule has 3 N–H and O–H groups in total. The zero-order valence-corrected chi connectivity index (χ0v) is 14.7. The number of rotatable bonds is 5. The monoisotopic (exact) mass is 357 g/mol. The van der Waals surface area contributed by atoms with Crippen LogP contribution in [0.25, 0.3) is 0 Å². The predicted molar refractivity (Wildman–Crippen MR) is 106 cm³/mol. The fourth-order valence-corrected chi connectivity index (χ4v) is 2.41. The molecule has 0 aliphatic rings. The Morgan fingerprint density at radius 1 is 1.00 bits per heavy atom. The molecule has 0 spiro atoms. The third kappa shape index (κ3) is 5.35. The Morgan fingerprint density at radius 2 is 1.78 bits per heavy atom. The van der Waals surface area contributed by atoms with Crippen LogP contribution in [0.3, 0.4) is 0 Å². The van der Waals surface area contributed by atoms with E-state index < -0.39 is 0 Å². The van der Waals surface area contributed by atoms with Gasteiger partial charge >= 0.3 is 0 Å². The molecule has 0 amide bonds. The molecule has 0 atom stereocenters. The molecule has 0 aliphatic carbocycles. The molecule has 0 saturated carbocycles. The fraction of sp³-hybridized carbons (Fsp3) is 0.0909. The van der Waals surface area contributed by atoms with Crippen molar-refractivity contribution in [3.63, 3.8) is 0 Å². The molecule has 0 fully saturated rings. The first-order valence-corrected chi connectivity index (χ1v) is 8.43. The average molecular weight is 357 g/mol. The summed E-state index contributed by atoms with van der Waals surface area (Å²) < 4.78 is 5.77. The third-order valence-electron chi connectivity index (χ3n) is 3.84. The molecule has 5 heteroatoms. The predicted octanol–water partition coefficient (Wildman–Crippen LogP) is 3.67. The van der Waals surface area contributed by atoms with Gasteiger partial charge < -0.3 is 15.7 Å². The number of pyridine rings is 1. The SMILES string of the molecule is Nc1ncccc1C#C/C(Cc1ccc(OCc2ccccc2)cc1)=N\O. The summed E-state index contributed by atoms with van der Waals surface area (Å²) in [5, 5.41) is 12.5. The van der Waals surface area contributed by atoms with Gasteiger partial charge in [-0.2, -0.15) is 0 Å². The lowest BCUT2D eigenvalue weighted by atomic mass is 10.1. The van der Waals surface area contributed by atoms with Crippen LogP contribution < -0.4 is 10.5 Å². The van der Waals surface area contributed by atoms with Gasteiger partial charge in [-0.1, -0.05) is 53.5 Å². The number of nitrogens with zero attached hydrogens (tertiary/aromatic N) is 2. The van der Waals surface area contributed by atoms with Gasteiger partial charge in [-0.25, -0.2) is 4.98 Å². The van der Waals surface area contributed by atoms with E-state index in [0.717, 1.165) is 16.9 Å². The topological polar surface area (TPSA) is 80.7 Å². The maximum atomic E-state index is 9.21. The van der Waals surface area contributed by atoms with Crippen LogP contribution in [0.5, 0.6) is 5.75 Å². The lowest BCUT2D eigenvalue weighted by Gasteiger charge is -2.07. The normalized spacial score (nSPS) is 10.7. The summed E-state index contributed by atoms with van der Waals surface area (Å²) >= 11 is 0. The lowest BCUT2D eigenvalue weighted by molar-refractivity contribution is 0.306. The first-order valence-electron chi connectivity index (χ1n) is 8.43. The van der Waals surface area contributed by atoms with Gasteiger partial charge in [-0.3, -0.25) is 0 Å². The molecule has 0 bridgehead atoms. The number of benzene rings is 2. The highest BCUT2D eigenvalue weighted by Crippen LogP contribution is 2.15. The van der Waals surface area contributed by atoms with Crippen molar-refractivity contribution in [2.75, 3.05) is 5.73 Å². The molecule has 2 aromatic carbocycles. The molecule has 0 radical (unpaired) electrons. The maximum Gasteiger partial charge on any atom is 0.139 e. The van der Waals surface area contributed by atoms with Crippen LogP contribution in [-0.2, 0) is 13.0 Å². The van der Waals surface area contributed by atoms with E-state index in [1.165, 1.54) is 0 Å². The smallest absolute Gasteiger partial charge is 0.139 e. The summed E-state index contributed by atoms with van der Waals surface area (Å²) in [4.78, 5) is 3.97. The Bertz CT molecular complexity index is 972. The van der Waals surface area contributed by atoms with Gasteiger partial charge in [0, 0.05) is 12.6 Å². The third-order valence-corrected chi connectivity index (χ3v) is 3.84. The van der Waals surface area contributed by atoms with Crippen LogP contribution in [0, 0.1) is 11.8 Å². The Morgan fingerprint density at radius 3 is 2.48 bits per heavy atom. The summed E-state index contributed by atoms with van der Waals surface area (Å²) in [6, 6.07) is 21.1. The quantitative estimate of drug-likeness (QED) is 0.316. The van der Waals surface area contributed by atoms with Crippen molar-refractivity contribution in [3.8, 4) is 17.6 Å². The molecular weight excluding hydrogens is 338 g/mol. The lowest BCUT2D eigenvalue weighted by Crippen LogP contribution is -2.01. The highest BCUT2D eigenvalue weighted by Gasteiger charge is 2.02. The zero-order valence-electron chi connectivity index (χ0n) is 14.7. The van der Waals surface area contributed by atoms with Crippen molar-refractivity contribution in [3.05, 3.63) is 89.6 Å². The van der Waals surface area contributed by atoms with Crippen molar-refractivity contribution in [2.24, 2.45) is 5.16 Å². The van der Waals surface area contributed by atoms with Crippen LogP contribution in [0.1, 0.15) is 16.7 Å². The van der Waals surface area contributed by atoms with Crippen LogP contribution in [0.4, 0.5) is 5.82 Å². The minimum atomic E-state index is 0.344. The minimum absolute atomic E-state index is 0.344. The van der Waals surface area contributed by atoms with E-state index in [2.05, 4.69) is 22.0 Å². The second-order valence-corrected chi connectivity index (χ2v) is 5.83. The van der Waals surface area contributed by atoms with Gasteiger partial charge in [-0.05, 0) is 41.3 Å². The van der Waals surface area contributed by atoms with Gasteiger partial charge in [0.1, 0.15) is 23.9 Å². The Balaban J connectivity index is 1.61. The van der Waals surface area contributed by atoms with Crippen LogP contribution in [-0.4, -0.2) is 15.9 Å². The van der Waals surface area contributed by atoms with Crippen LogP contribution in [0.15, 0.2) is 78.1 Å². The Kier molecular flexibility index (Phi) is 6.05. The van der Waals surface area contributed by atoms with Gasteiger partial charge in [0.05, 0.1) is 5.56 Å². The van der Waals surface area contributed by atoms with E-state index in [9.17, 15) is 5.21 Å². The highest BCUT2D eigenvalue weighted by atomic mass is 16.5. The number of nitrogens with two attached hydrogens (primary N) is 1. The minimum Gasteiger partial charge on any atom is -0.489 e. The summed E-state index contributed by atoms with van der Waals surface area (Å²) in [7, 11) is 0. The standard InChI is InChI=1S/C22H19N3O2/c23-22-19(7-4-14-24-22)10-11-20(25-26)15-17-8-12-21(13-9-17)27-16-18-5-2-1-3-6-18/h1-9,12-14,26H,15-16H2,(H2,23,24)/b25-20+.